The van der Waals surface area contributed by atoms with Crippen molar-refractivity contribution in [1.29, 1.82) is 0 Å². The third kappa shape index (κ3) is 3.01. The average molecular weight is 246 g/mol. The molecule has 0 heterocycles. The van der Waals surface area contributed by atoms with Crippen molar-refractivity contribution in [1.82, 2.24) is 0 Å². The van der Waals surface area contributed by atoms with Crippen LogP contribution in [0.3, 0.4) is 0 Å². The molecule has 8 heteroatoms. The number of nitrogen functional groups attached to an aromatic ring is 1. The molecule has 0 fully saturated rings. The molecule has 14 heavy (non-hydrogen) atoms. The summed E-state index contributed by atoms with van der Waals surface area (Å²) in [6.45, 7) is 0. The molecule has 5 nitrogen and oxygen atoms in total. The summed E-state index contributed by atoms with van der Waals surface area (Å²) >= 11 is 5.36. The van der Waals surface area contributed by atoms with Gasteiger partial charge in [0, 0.05) is 10.7 Å². The van der Waals surface area contributed by atoms with Gasteiger partial charge in [-0.2, -0.15) is 8.42 Å². The van der Waals surface area contributed by atoms with E-state index < -0.39 is 20.8 Å². The van der Waals surface area contributed by atoms with Crippen molar-refractivity contribution in [3.63, 3.8) is 0 Å². The van der Waals surface area contributed by atoms with Gasteiger partial charge in [-0.3, -0.25) is 4.55 Å². The first-order valence-electron chi connectivity index (χ1n) is 3.06. The Morgan fingerprint density at radius 1 is 1.43 bits per heavy atom. The molecule has 0 saturated carbocycles. The van der Waals surface area contributed by atoms with E-state index in [1.54, 1.807) is 0 Å². The molecule has 3 N–H and O–H groups in total. The van der Waals surface area contributed by atoms with Gasteiger partial charge in [-0.05, 0) is 12.1 Å². The monoisotopic (exact) mass is 245 g/mol. The van der Waals surface area contributed by atoms with Gasteiger partial charge in [-0.15, -0.1) is 0 Å². The van der Waals surface area contributed by atoms with E-state index in [9.17, 15) is 13.5 Å². The second-order valence-electron chi connectivity index (χ2n) is 2.31. The van der Waals surface area contributed by atoms with E-state index in [-0.39, 0.29) is 40.3 Å². The van der Waals surface area contributed by atoms with Gasteiger partial charge < -0.3 is 10.8 Å². The number of halogens is 1. The van der Waals surface area contributed by atoms with Crippen LogP contribution in [0, 0.1) is 0 Å². The second kappa shape index (κ2) is 4.69. The molecule has 0 aliphatic carbocycles. The summed E-state index contributed by atoms with van der Waals surface area (Å²) in [5.74, 6) is -0.960. The Balaban J connectivity index is 0.00000169. The molecule has 0 saturated heterocycles. The van der Waals surface area contributed by atoms with E-state index in [4.69, 9.17) is 21.9 Å². The zero-order valence-corrected chi connectivity index (χ0v) is 10.8. The number of rotatable bonds is 1. The van der Waals surface area contributed by atoms with Crippen LogP contribution in [-0.4, -0.2) is 13.0 Å². The summed E-state index contributed by atoms with van der Waals surface area (Å²) < 4.78 is 29.8. The Hall–Kier alpha value is 0.0200. The van der Waals surface area contributed by atoms with E-state index in [1.165, 1.54) is 0 Å². The average Bonchev–Trinajstić information content (AvgIpc) is 1.94. The van der Waals surface area contributed by atoms with Crippen molar-refractivity contribution >= 4 is 27.4 Å². The van der Waals surface area contributed by atoms with Gasteiger partial charge in [0.25, 0.3) is 10.1 Å². The number of hydrogen-bond acceptors (Lipinski definition) is 4. The molecule has 0 aromatic heterocycles. The van der Waals surface area contributed by atoms with E-state index in [1.807, 2.05) is 0 Å². The maximum absolute atomic E-state index is 11.0. The summed E-state index contributed by atoms with van der Waals surface area (Å²) in [4.78, 5) is -0.808. The summed E-state index contributed by atoms with van der Waals surface area (Å²) in [5.41, 5.74) is 5.22. The third-order valence-corrected chi connectivity index (χ3v) is 2.45. The minimum absolute atomic E-state index is 0. The van der Waals surface area contributed by atoms with Gasteiger partial charge >= 0.3 is 29.6 Å². The summed E-state index contributed by atoms with van der Waals surface area (Å²) in [6.07, 6.45) is 0. The molecule has 1 aromatic carbocycles. The fraction of sp³-hybridized carbons (Fsp3) is 0. The van der Waals surface area contributed by atoms with Crippen LogP contribution in [0.2, 0.25) is 5.02 Å². The fourth-order valence-electron chi connectivity index (χ4n) is 0.780. The van der Waals surface area contributed by atoms with E-state index in [0.29, 0.717) is 0 Å². The molecule has 0 amide bonds. The molecule has 0 bridgehead atoms. The number of benzene rings is 1. The van der Waals surface area contributed by atoms with Crippen LogP contribution in [0.1, 0.15) is 0 Å². The third-order valence-electron chi connectivity index (χ3n) is 1.31. The van der Waals surface area contributed by atoms with Crippen LogP contribution in [0.4, 0.5) is 5.69 Å². The van der Waals surface area contributed by atoms with Crippen LogP contribution in [0.25, 0.3) is 0 Å². The normalized spacial score (nSPS) is 10.7. The van der Waals surface area contributed by atoms with Gasteiger partial charge in [0.1, 0.15) is 0 Å². The number of nitrogens with two attached hydrogens (primary N) is 1. The smallest absolute Gasteiger partial charge is 0.871 e. The van der Waals surface area contributed by atoms with Crippen LogP contribution in [0.5, 0.6) is 5.75 Å². The summed E-state index contributed by atoms with van der Waals surface area (Å²) in [7, 11) is -4.56. The quantitative estimate of drug-likeness (QED) is 0.317. The van der Waals surface area contributed by atoms with Crippen LogP contribution in [-0.2, 0) is 10.1 Å². The SMILES string of the molecule is Nc1cc(Cl)c([O-])c(S(=O)(=O)O)c1.[Na+]. The zero-order chi connectivity index (χ0) is 10.2. The molecular weight excluding hydrogens is 241 g/mol. The molecule has 1 aromatic rings. The van der Waals surface area contributed by atoms with Crippen LogP contribution in [0.15, 0.2) is 17.0 Å². The van der Waals surface area contributed by atoms with Crippen molar-refractivity contribution in [3.8, 4) is 5.75 Å². The van der Waals surface area contributed by atoms with E-state index >= 15 is 0 Å². The summed E-state index contributed by atoms with van der Waals surface area (Å²) in [5, 5.41) is 10.7. The van der Waals surface area contributed by atoms with Crippen molar-refractivity contribution in [2.45, 2.75) is 4.90 Å². The number of hydrogen-bond donors (Lipinski definition) is 2. The molecular formula is C6H5ClNNaO4S. The van der Waals surface area contributed by atoms with E-state index in [2.05, 4.69) is 0 Å². The first-order chi connectivity index (χ1) is 5.82. The molecule has 0 unspecified atom stereocenters. The van der Waals surface area contributed by atoms with Crippen LogP contribution < -0.4 is 40.4 Å². The summed E-state index contributed by atoms with van der Waals surface area (Å²) in [6, 6.07) is 1.96. The zero-order valence-electron chi connectivity index (χ0n) is 7.19. The largest absolute Gasteiger partial charge is 1.00 e. The second-order valence-corrected chi connectivity index (χ2v) is 4.10. The fourth-order valence-corrected chi connectivity index (χ4v) is 1.69. The Kier molecular flexibility index (Phi) is 4.70. The molecule has 0 aliphatic heterocycles. The van der Waals surface area contributed by atoms with Gasteiger partial charge in [-0.1, -0.05) is 17.4 Å². The van der Waals surface area contributed by atoms with Gasteiger partial charge in [-0.25, -0.2) is 0 Å². The topological polar surface area (TPSA) is 103 Å². The minimum Gasteiger partial charge on any atom is -0.871 e. The van der Waals surface area contributed by atoms with Gasteiger partial charge in [0.05, 0.1) is 4.90 Å². The van der Waals surface area contributed by atoms with Crippen LogP contribution >= 0.6 is 11.6 Å². The number of anilines is 1. The standard InChI is InChI=1S/C6H6ClNO4S.Na/c7-4-1-3(8)2-5(6(4)9)13(10,11)12;/h1-2,9H,8H2,(H,10,11,12);/q;+1/p-1. The Labute approximate surface area is 108 Å². The van der Waals surface area contributed by atoms with Crippen molar-refractivity contribution in [3.05, 3.63) is 17.2 Å². The van der Waals surface area contributed by atoms with Crippen molar-refractivity contribution < 1.29 is 47.6 Å². The molecule has 0 spiro atoms. The van der Waals surface area contributed by atoms with Gasteiger partial charge in [0.15, 0.2) is 0 Å². The van der Waals surface area contributed by atoms with Crippen molar-refractivity contribution in [2.24, 2.45) is 0 Å². The first kappa shape index (κ1) is 14.0. The Bertz CT molecular complexity index is 447. The maximum Gasteiger partial charge on any atom is 1.00 e. The predicted octanol–water partition coefficient (Wildman–Crippen LogP) is -2.75. The predicted molar refractivity (Wildman–Crippen MR) is 45.1 cm³/mol. The molecule has 72 valence electrons. The maximum atomic E-state index is 11.0. The van der Waals surface area contributed by atoms with Crippen molar-refractivity contribution in [2.75, 3.05) is 5.73 Å². The van der Waals surface area contributed by atoms with E-state index in [0.717, 1.165) is 12.1 Å². The molecule has 0 atom stereocenters. The molecule has 0 radical (unpaired) electrons. The Morgan fingerprint density at radius 3 is 2.36 bits per heavy atom. The Morgan fingerprint density at radius 2 is 1.93 bits per heavy atom. The molecule has 1 rings (SSSR count). The van der Waals surface area contributed by atoms with Gasteiger partial charge in [0.2, 0.25) is 0 Å². The first-order valence-corrected chi connectivity index (χ1v) is 4.87. The minimum atomic E-state index is -4.56. The molecule has 0 aliphatic rings.